The van der Waals surface area contributed by atoms with Gasteiger partial charge >= 0.3 is 5.97 Å². The zero-order valence-electron chi connectivity index (χ0n) is 18.7. The number of aliphatic hydroxyl groups excluding tert-OH is 2. The van der Waals surface area contributed by atoms with Crippen molar-refractivity contribution in [2.75, 3.05) is 19.8 Å². The van der Waals surface area contributed by atoms with Gasteiger partial charge < -0.3 is 30.1 Å². The summed E-state index contributed by atoms with van der Waals surface area (Å²) in [7, 11) is 0. The summed E-state index contributed by atoms with van der Waals surface area (Å²) in [6.45, 7) is 0.212. The molecule has 1 heterocycles. The number of nitrogens with zero attached hydrogens (tertiary/aromatic N) is 1. The van der Waals surface area contributed by atoms with Crippen LogP contribution in [0.4, 0.5) is 0 Å². The van der Waals surface area contributed by atoms with Gasteiger partial charge in [0.25, 0.3) is 0 Å². The summed E-state index contributed by atoms with van der Waals surface area (Å²) in [5, 5.41) is 32.8. The van der Waals surface area contributed by atoms with Gasteiger partial charge in [0.2, 0.25) is 5.88 Å². The van der Waals surface area contributed by atoms with E-state index in [0.29, 0.717) is 22.9 Å². The van der Waals surface area contributed by atoms with Gasteiger partial charge in [-0.05, 0) is 54.4 Å². The van der Waals surface area contributed by atoms with Crippen LogP contribution in [0, 0.1) is 0 Å². The van der Waals surface area contributed by atoms with Crippen molar-refractivity contribution < 1.29 is 29.6 Å². The number of hydrogen-bond acceptors (Lipinski definition) is 7. The number of rotatable bonds is 12. The molecule has 0 bridgehead atoms. The van der Waals surface area contributed by atoms with E-state index in [4.69, 9.17) is 21.1 Å². The van der Waals surface area contributed by atoms with Gasteiger partial charge in [0.15, 0.2) is 0 Å². The summed E-state index contributed by atoms with van der Waals surface area (Å²) in [5.41, 5.74) is 0.905. The predicted molar refractivity (Wildman–Crippen MR) is 129 cm³/mol. The minimum atomic E-state index is -1.12. The largest absolute Gasteiger partial charge is 0.491 e. The number of hydrogen-bond donors (Lipinski definition) is 4. The molecule has 0 spiro atoms. The molecular formula is C24H25ClN2NaO6. The van der Waals surface area contributed by atoms with E-state index in [0.717, 1.165) is 5.56 Å². The minimum absolute atomic E-state index is 0. The van der Waals surface area contributed by atoms with E-state index in [1.54, 1.807) is 36.4 Å². The van der Waals surface area contributed by atoms with Crippen LogP contribution < -0.4 is 14.8 Å². The number of pyridine rings is 1. The van der Waals surface area contributed by atoms with Crippen LogP contribution in [0.25, 0.3) is 0 Å². The molecule has 34 heavy (non-hydrogen) atoms. The molecule has 0 aliphatic heterocycles. The number of aromatic carboxylic acids is 1. The first-order valence-electron chi connectivity index (χ1n) is 10.3. The Kier molecular flexibility index (Phi) is 11.8. The zero-order chi connectivity index (χ0) is 23.6. The van der Waals surface area contributed by atoms with E-state index in [1.807, 2.05) is 12.1 Å². The third-order valence-electron chi connectivity index (χ3n) is 4.72. The molecule has 1 aromatic heterocycles. The molecule has 2 atom stereocenters. The molecule has 0 aliphatic rings. The number of aromatic nitrogens is 1. The average Bonchev–Trinajstić information content (AvgIpc) is 2.81. The summed E-state index contributed by atoms with van der Waals surface area (Å²) in [4.78, 5) is 15.2. The Hall–Kier alpha value is -2.17. The van der Waals surface area contributed by atoms with E-state index >= 15 is 0 Å². The second kappa shape index (κ2) is 14.3. The van der Waals surface area contributed by atoms with Gasteiger partial charge in [0, 0.05) is 53.4 Å². The maximum Gasteiger partial charge on any atom is 0.341 e. The van der Waals surface area contributed by atoms with E-state index in [1.165, 1.54) is 18.3 Å². The molecule has 4 N–H and O–H groups in total. The van der Waals surface area contributed by atoms with Gasteiger partial charge in [-0.25, -0.2) is 9.78 Å². The van der Waals surface area contributed by atoms with Crippen LogP contribution in [0.15, 0.2) is 66.9 Å². The number of halogens is 1. The molecule has 1 radical (unpaired) electrons. The predicted octanol–water partition coefficient (Wildman–Crippen LogP) is 2.78. The molecule has 0 unspecified atom stereocenters. The fraction of sp³-hybridized carbons (Fsp3) is 0.250. The third kappa shape index (κ3) is 8.88. The smallest absolute Gasteiger partial charge is 0.341 e. The SMILES string of the molecule is O=C(O)c1cccnc1Oc1ccc(C[C@@H](CO)NC[C@H](O)COc2cccc(Cl)c2)cc1.[Na]. The van der Waals surface area contributed by atoms with Crippen molar-refractivity contribution in [1.29, 1.82) is 0 Å². The standard InChI is InChI=1S/C24H25ClN2O6.Na/c25-17-3-1-4-21(12-17)32-15-19(29)13-27-18(14-28)11-16-6-8-20(9-7-16)33-23-22(24(30)31)5-2-10-26-23;/h1-10,12,18-19,27-29H,11,13-15H2,(H,30,31);/t18-,19-;/m0./s1. The second-order valence-corrected chi connectivity index (χ2v) is 7.76. The number of carboxylic acid groups (broad SMARTS) is 1. The van der Waals surface area contributed by atoms with Crippen molar-refractivity contribution in [2.45, 2.75) is 18.6 Å². The van der Waals surface area contributed by atoms with E-state index < -0.39 is 12.1 Å². The molecule has 0 aliphatic carbocycles. The molecule has 0 saturated heterocycles. The first kappa shape index (κ1) is 28.1. The summed E-state index contributed by atoms with van der Waals surface area (Å²) >= 11 is 5.91. The molecule has 0 fully saturated rings. The van der Waals surface area contributed by atoms with Crippen LogP contribution in [-0.4, -0.2) is 87.7 Å². The van der Waals surface area contributed by atoms with E-state index in [9.17, 15) is 20.1 Å². The monoisotopic (exact) mass is 495 g/mol. The maximum absolute atomic E-state index is 11.3. The Morgan fingerprint density at radius 2 is 1.85 bits per heavy atom. The number of carboxylic acids is 1. The molecule has 2 aromatic carbocycles. The molecule has 3 rings (SSSR count). The van der Waals surface area contributed by atoms with Crippen LogP contribution in [-0.2, 0) is 6.42 Å². The molecule has 3 aromatic rings. The Labute approximate surface area is 224 Å². The summed E-state index contributed by atoms with van der Waals surface area (Å²) in [5.74, 6) is -0.0841. The summed E-state index contributed by atoms with van der Waals surface area (Å²) < 4.78 is 11.1. The summed E-state index contributed by atoms with van der Waals surface area (Å²) in [6.07, 6.45) is 1.21. The molecular weight excluding hydrogens is 471 g/mol. The fourth-order valence-corrected chi connectivity index (χ4v) is 3.22. The zero-order valence-corrected chi connectivity index (χ0v) is 21.5. The minimum Gasteiger partial charge on any atom is -0.491 e. The van der Waals surface area contributed by atoms with Crippen LogP contribution >= 0.6 is 11.6 Å². The van der Waals surface area contributed by atoms with Gasteiger partial charge in [-0.1, -0.05) is 29.8 Å². The molecule has 10 heteroatoms. The second-order valence-electron chi connectivity index (χ2n) is 7.32. The Bertz CT molecular complexity index is 1050. The van der Waals surface area contributed by atoms with Crippen LogP contribution in [0.3, 0.4) is 0 Å². The van der Waals surface area contributed by atoms with Crippen molar-refractivity contribution in [3.63, 3.8) is 0 Å². The Balaban J connectivity index is 0.00000408. The van der Waals surface area contributed by atoms with Crippen molar-refractivity contribution >= 4 is 47.1 Å². The van der Waals surface area contributed by atoms with Crippen molar-refractivity contribution in [2.24, 2.45) is 0 Å². The number of carbonyl (C=O) groups is 1. The number of ether oxygens (including phenoxy) is 2. The van der Waals surface area contributed by atoms with E-state index in [2.05, 4.69) is 10.3 Å². The van der Waals surface area contributed by atoms with Crippen molar-refractivity contribution in [3.05, 3.63) is 83.0 Å². The van der Waals surface area contributed by atoms with Crippen LogP contribution in [0.1, 0.15) is 15.9 Å². The number of benzene rings is 2. The van der Waals surface area contributed by atoms with Gasteiger partial charge in [-0.3, -0.25) is 0 Å². The number of nitrogens with one attached hydrogen (secondary N) is 1. The van der Waals surface area contributed by atoms with Crippen LogP contribution in [0.5, 0.6) is 17.4 Å². The van der Waals surface area contributed by atoms with Crippen LogP contribution in [0.2, 0.25) is 5.02 Å². The first-order chi connectivity index (χ1) is 15.9. The fourth-order valence-electron chi connectivity index (χ4n) is 3.04. The Morgan fingerprint density at radius 1 is 1.09 bits per heavy atom. The normalized spacial score (nSPS) is 12.3. The van der Waals surface area contributed by atoms with Gasteiger partial charge in [-0.15, -0.1) is 0 Å². The average molecular weight is 496 g/mol. The third-order valence-corrected chi connectivity index (χ3v) is 4.96. The first-order valence-corrected chi connectivity index (χ1v) is 10.7. The van der Waals surface area contributed by atoms with Crippen molar-refractivity contribution in [1.82, 2.24) is 10.3 Å². The number of aliphatic hydroxyl groups is 2. The van der Waals surface area contributed by atoms with Gasteiger partial charge in [0.1, 0.15) is 29.8 Å². The molecule has 8 nitrogen and oxygen atoms in total. The van der Waals surface area contributed by atoms with Gasteiger partial charge in [-0.2, -0.15) is 0 Å². The van der Waals surface area contributed by atoms with E-state index in [-0.39, 0.29) is 66.8 Å². The molecule has 0 saturated carbocycles. The van der Waals surface area contributed by atoms with Gasteiger partial charge in [0.05, 0.1) is 6.61 Å². The molecule has 0 amide bonds. The quantitative estimate of drug-likeness (QED) is 0.283. The summed E-state index contributed by atoms with van der Waals surface area (Å²) in [6, 6.07) is 16.7. The Morgan fingerprint density at radius 3 is 2.53 bits per heavy atom. The molecule has 175 valence electrons. The topological polar surface area (TPSA) is 121 Å². The maximum atomic E-state index is 11.3. The van der Waals surface area contributed by atoms with Crippen molar-refractivity contribution in [3.8, 4) is 17.4 Å².